The number of anilines is 1. The molecule has 5 heteroatoms. The third kappa shape index (κ3) is 3.41. The Balaban J connectivity index is 1.63. The molecule has 1 aliphatic heterocycles. The molecule has 0 amide bonds. The fourth-order valence-electron chi connectivity index (χ4n) is 2.92. The van der Waals surface area contributed by atoms with Crippen LogP contribution in [-0.4, -0.2) is 28.1 Å². The Morgan fingerprint density at radius 3 is 2.65 bits per heavy atom. The molecule has 0 unspecified atom stereocenters. The van der Waals surface area contributed by atoms with Crippen molar-refractivity contribution in [2.45, 2.75) is 25.2 Å². The molecule has 0 saturated carbocycles. The molecule has 1 N–H and O–H groups in total. The van der Waals surface area contributed by atoms with E-state index in [9.17, 15) is 8.42 Å². The van der Waals surface area contributed by atoms with E-state index in [0.29, 0.717) is 18.0 Å². The highest BCUT2D eigenvalue weighted by molar-refractivity contribution is 7.89. The average Bonchev–Trinajstić information content (AvgIpc) is 2.93. The number of benzene rings is 2. The standard InChI is InChI=1S/C18H22N2O2S/c1-14-7-8-17(13-15(14)2)23(21,22)19-10-12-20-11-9-16-5-3-4-6-18(16)20/h3-8,13,19H,9-12H2,1-2H3. The van der Waals surface area contributed by atoms with Gasteiger partial charge in [-0.3, -0.25) is 0 Å². The number of aryl methyl sites for hydroxylation is 2. The molecule has 0 atom stereocenters. The second-order valence-corrected chi connectivity index (χ2v) is 7.78. The van der Waals surface area contributed by atoms with Crippen LogP contribution in [0.1, 0.15) is 16.7 Å². The molecule has 0 radical (unpaired) electrons. The lowest BCUT2D eigenvalue weighted by molar-refractivity contribution is 0.581. The minimum atomic E-state index is -3.45. The number of sulfonamides is 1. The fraction of sp³-hybridized carbons (Fsp3) is 0.333. The molecule has 0 spiro atoms. The molecule has 0 aromatic heterocycles. The van der Waals surface area contributed by atoms with Gasteiger partial charge in [0.1, 0.15) is 0 Å². The Morgan fingerprint density at radius 1 is 1.09 bits per heavy atom. The van der Waals surface area contributed by atoms with Gasteiger partial charge in [-0.2, -0.15) is 0 Å². The fourth-order valence-corrected chi connectivity index (χ4v) is 4.02. The van der Waals surface area contributed by atoms with Crippen LogP contribution in [0, 0.1) is 13.8 Å². The van der Waals surface area contributed by atoms with Gasteiger partial charge in [0.15, 0.2) is 0 Å². The maximum Gasteiger partial charge on any atom is 0.240 e. The van der Waals surface area contributed by atoms with Crippen LogP contribution < -0.4 is 9.62 Å². The van der Waals surface area contributed by atoms with Crippen LogP contribution in [0.25, 0.3) is 0 Å². The highest BCUT2D eigenvalue weighted by atomic mass is 32.2. The second kappa shape index (κ2) is 6.34. The van der Waals surface area contributed by atoms with E-state index in [1.165, 1.54) is 11.3 Å². The SMILES string of the molecule is Cc1ccc(S(=O)(=O)NCCN2CCc3ccccc32)cc1C. The van der Waals surface area contributed by atoms with Gasteiger partial charge in [0.05, 0.1) is 4.90 Å². The third-order valence-corrected chi connectivity index (χ3v) is 5.90. The van der Waals surface area contributed by atoms with Gasteiger partial charge in [0, 0.05) is 25.3 Å². The molecule has 0 fully saturated rings. The zero-order valence-corrected chi connectivity index (χ0v) is 14.4. The number of nitrogens with zero attached hydrogens (tertiary/aromatic N) is 1. The summed E-state index contributed by atoms with van der Waals surface area (Å²) < 4.78 is 27.5. The van der Waals surface area contributed by atoms with Crippen molar-refractivity contribution in [1.29, 1.82) is 0 Å². The molecule has 0 bridgehead atoms. The van der Waals surface area contributed by atoms with Crippen LogP contribution in [0.2, 0.25) is 0 Å². The van der Waals surface area contributed by atoms with E-state index in [2.05, 4.69) is 21.8 Å². The lowest BCUT2D eigenvalue weighted by atomic mass is 10.1. The van der Waals surface area contributed by atoms with Gasteiger partial charge in [-0.1, -0.05) is 24.3 Å². The lowest BCUT2D eigenvalue weighted by Gasteiger charge is -2.19. The van der Waals surface area contributed by atoms with E-state index in [4.69, 9.17) is 0 Å². The summed E-state index contributed by atoms with van der Waals surface area (Å²) in [6.07, 6.45) is 1.03. The zero-order valence-electron chi connectivity index (χ0n) is 13.5. The summed E-state index contributed by atoms with van der Waals surface area (Å²) in [7, 11) is -3.45. The van der Waals surface area contributed by atoms with Crippen LogP contribution in [-0.2, 0) is 16.4 Å². The van der Waals surface area contributed by atoms with E-state index in [1.807, 2.05) is 32.0 Å². The maximum atomic E-state index is 12.4. The smallest absolute Gasteiger partial charge is 0.240 e. The maximum absolute atomic E-state index is 12.4. The van der Waals surface area contributed by atoms with E-state index < -0.39 is 10.0 Å². The van der Waals surface area contributed by atoms with Crippen LogP contribution >= 0.6 is 0 Å². The number of hydrogen-bond acceptors (Lipinski definition) is 3. The largest absolute Gasteiger partial charge is 0.370 e. The Kier molecular flexibility index (Phi) is 4.41. The minimum absolute atomic E-state index is 0.336. The molecule has 122 valence electrons. The highest BCUT2D eigenvalue weighted by Crippen LogP contribution is 2.26. The number of para-hydroxylation sites is 1. The van der Waals surface area contributed by atoms with Crippen LogP contribution in [0.15, 0.2) is 47.4 Å². The first kappa shape index (κ1) is 16.0. The first-order chi connectivity index (χ1) is 11.0. The average molecular weight is 330 g/mol. The van der Waals surface area contributed by atoms with E-state index in [-0.39, 0.29) is 0 Å². The van der Waals surface area contributed by atoms with Gasteiger partial charge >= 0.3 is 0 Å². The van der Waals surface area contributed by atoms with Gasteiger partial charge in [-0.05, 0) is 55.2 Å². The molecule has 23 heavy (non-hydrogen) atoms. The topological polar surface area (TPSA) is 49.4 Å². The number of nitrogens with one attached hydrogen (secondary N) is 1. The predicted octanol–water partition coefficient (Wildman–Crippen LogP) is 2.64. The molecule has 1 heterocycles. The van der Waals surface area contributed by atoms with Crippen LogP contribution in [0.4, 0.5) is 5.69 Å². The van der Waals surface area contributed by atoms with Crippen molar-refractivity contribution in [3.8, 4) is 0 Å². The van der Waals surface area contributed by atoms with Crippen molar-refractivity contribution in [2.24, 2.45) is 0 Å². The molecule has 0 saturated heterocycles. The van der Waals surface area contributed by atoms with Crippen molar-refractivity contribution in [3.63, 3.8) is 0 Å². The number of hydrogen-bond donors (Lipinski definition) is 1. The third-order valence-electron chi connectivity index (χ3n) is 4.45. The summed E-state index contributed by atoms with van der Waals surface area (Å²) in [4.78, 5) is 2.57. The first-order valence-corrected chi connectivity index (χ1v) is 9.35. The summed E-state index contributed by atoms with van der Waals surface area (Å²) in [6.45, 7) is 5.94. The van der Waals surface area contributed by atoms with Gasteiger partial charge in [-0.25, -0.2) is 13.1 Å². The highest BCUT2D eigenvalue weighted by Gasteiger charge is 2.19. The zero-order chi connectivity index (χ0) is 16.4. The molecule has 3 rings (SSSR count). The summed E-state index contributed by atoms with van der Waals surface area (Å²) >= 11 is 0. The Labute approximate surface area is 138 Å². The van der Waals surface area contributed by atoms with Gasteiger partial charge in [-0.15, -0.1) is 0 Å². The van der Waals surface area contributed by atoms with E-state index in [1.54, 1.807) is 12.1 Å². The van der Waals surface area contributed by atoms with Crippen molar-refractivity contribution in [3.05, 3.63) is 59.2 Å². The van der Waals surface area contributed by atoms with Crippen molar-refractivity contribution < 1.29 is 8.42 Å². The summed E-state index contributed by atoms with van der Waals surface area (Å²) in [5.41, 5.74) is 4.64. The normalized spacial score (nSPS) is 14.1. The summed E-state index contributed by atoms with van der Waals surface area (Å²) in [5.74, 6) is 0. The molecule has 2 aromatic rings. The van der Waals surface area contributed by atoms with Crippen LogP contribution in [0.3, 0.4) is 0 Å². The Bertz CT molecular complexity index is 816. The number of fused-ring (bicyclic) bond motifs is 1. The number of rotatable bonds is 5. The van der Waals surface area contributed by atoms with Gasteiger partial charge in [0.2, 0.25) is 10.0 Å². The Morgan fingerprint density at radius 2 is 1.87 bits per heavy atom. The summed E-state index contributed by atoms with van der Waals surface area (Å²) in [6, 6.07) is 13.5. The summed E-state index contributed by atoms with van der Waals surface area (Å²) in [5, 5.41) is 0. The quantitative estimate of drug-likeness (QED) is 0.917. The lowest BCUT2D eigenvalue weighted by Crippen LogP contribution is -2.34. The Hall–Kier alpha value is -1.85. The molecule has 1 aliphatic rings. The first-order valence-electron chi connectivity index (χ1n) is 7.87. The van der Waals surface area contributed by atoms with Crippen molar-refractivity contribution >= 4 is 15.7 Å². The molecular formula is C18H22N2O2S. The van der Waals surface area contributed by atoms with E-state index >= 15 is 0 Å². The second-order valence-electron chi connectivity index (χ2n) is 6.01. The van der Waals surface area contributed by atoms with E-state index in [0.717, 1.165) is 24.1 Å². The van der Waals surface area contributed by atoms with Gasteiger partial charge in [0.25, 0.3) is 0 Å². The van der Waals surface area contributed by atoms with Crippen LogP contribution in [0.5, 0.6) is 0 Å². The molecular weight excluding hydrogens is 308 g/mol. The monoisotopic (exact) mass is 330 g/mol. The predicted molar refractivity (Wildman–Crippen MR) is 93.5 cm³/mol. The molecule has 2 aromatic carbocycles. The molecule has 4 nitrogen and oxygen atoms in total. The van der Waals surface area contributed by atoms with Crippen molar-refractivity contribution in [2.75, 3.05) is 24.5 Å². The minimum Gasteiger partial charge on any atom is -0.370 e. The molecule has 0 aliphatic carbocycles. The van der Waals surface area contributed by atoms with Gasteiger partial charge < -0.3 is 4.90 Å². The van der Waals surface area contributed by atoms with Crippen molar-refractivity contribution in [1.82, 2.24) is 4.72 Å².